The zero-order valence-corrected chi connectivity index (χ0v) is 22.0. The first-order chi connectivity index (χ1) is 18.9. The third kappa shape index (κ3) is 8.48. The van der Waals surface area contributed by atoms with E-state index in [1.807, 2.05) is 48.5 Å². The molecule has 0 radical (unpaired) electrons. The molecule has 1 fully saturated rings. The number of amides is 2. The minimum atomic E-state index is -0.847. The smallest absolute Gasteiger partial charge is 0.338 e. The number of carbonyl (C=O) groups is 1. The Morgan fingerprint density at radius 1 is 0.872 bits per heavy atom. The number of rotatable bonds is 12. The molecule has 0 unspecified atom stereocenters. The van der Waals surface area contributed by atoms with Crippen LogP contribution in [0.5, 0.6) is 5.75 Å². The van der Waals surface area contributed by atoms with Crippen molar-refractivity contribution in [1.82, 2.24) is 14.9 Å². The second kappa shape index (κ2) is 14.0. The molecule has 3 aromatic carbocycles. The summed E-state index contributed by atoms with van der Waals surface area (Å²) in [4.78, 5) is 15.6. The third-order valence-electron chi connectivity index (χ3n) is 7.04. The van der Waals surface area contributed by atoms with Crippen LogP contribution < -0.4 is 10.5 Å². The van der Waals surface area contributed by atoms with Crippen LogP contribution in [0.3, 0.4) is 0 Å². The normalized spacial score (nSPS) is 14.5. The van der Waals surface area contributed by atoms with Gasteiger partial charge in [0, 0.05) is 32.7 Å². The Balaban J connectivity index is 1.20. The van der Waals surface area contributed by atoms with E-state index in [9.17, 15) is 18.8 Å². The Labute approximate surface area is 228 Å². The first-order valence-corrected chi connectivity index (χ1v) is 13.3. The van der Waals surface area contributed by atoms with Gasteiger partial charge in [0.25, 0.3) is 0 Å². The number of urea groups is 1. The predicted octanol–water partition coefficient (Wildman–Crippen LogP) is 4.84. The minimum absolute atomic E-state index is 0.0506. The Hall–Kier alpha value is -3.53. The molecule has 2 amide bonds. The number of ether oxygens (including phenoxy) is 1. The van der Waals surface area contributed by atoms with Gasteiger partial charge in [0.2, 0.25) is 0 Å². The van der Waals surface area contributed by atoms with Crippen molar-refractivity contribution in [2.75, 3.05) is 45.9 Å². The van der Waals surface area contributed by atoms with Gasteiger partial charge < -0.3 is 15.4 Å². The molecule has 7 nitrogen and oxygen atoms in total. The lowest BCUT2D eigenvalue weighted by Gasteiger charge is -2.39. The lowest BCUT2D eigenvalue weighted by molar-refractivity contribution is -0.0398. The lowest BCUT2D eigenvalue weighted by Crippen LogP contribution is -2.48. The van der Waals surface area contributed by atoms with Crippen molar-refractivity contribution in [2.24, 2.45) is 5.73 Å². The van der Waals surface area contributed by atoms with Crippen molar-refractivity contribution >= 4 is 6.03 Å². The highest BCUT2D eigenvalue weighted by Crippen LogP contribution is 2.30. The van der Waals surface area contributed by atoms with Crippen LogP contribution in [0.2, 0.25) is 0 Å². The summed E-state index contributed by atoms with van der Waals surface area (Å²) in [5.41, 5.74) is 8.09. The monoisotopic (exact) mass is 538 g/mol. The van der Waals surface area contributed by atoms with Gasteiger partial charge in [-0.15, -0.1) is 0 Å². The molecule has 0 spiro atoms. The highest BCUT2D eigenvalue weighted by atomic mass is 19.1. The molecule has 1 aliphatic rings. The van der Waals surface area contributed by atoms with Gasteiger partial charge in [-0.25, -0.2) is 18.6 Å². The minimum Gasteiger partial charge on any atom is -0.494 e. The van der Waals surface area contributed by atoms with Crippen LogP contribution in [0, 0.1) is 11.6 Å². The van der Waals surface area contributed by atoms with Crippen LogP contribution in [-0.4, -0.2) is 72.0 Å². The number of hydrogen-bond acceptors (Lipinski definition) is 5. The van der Waals surface area contributed by atoms with Gasteiger partial charge in [-0.3, -0.25) is 10.1 Å². The first kappa shape index (κ1) is 28.5. The van der Waals surface area contributed by atoms with Gasteiger partial charge in [-0.1, -0.05) is 36.4 Å². The molecule has 1 heterocycles. The molecule has 3 N–H and O–H groups in total. The van der Waals surface area contributed by atoms with Crippen LogP contribution >= 0.6 is 0 Å². The molecule has 208 valence electrons. The van der Waals surface area contributed by atoms with Gasteiger partial charge in [0.1, 0.15) is 17.4 Å². The van der Waals surface area contributed by atoms with Crippen LogP contribution in [0.4, 0.5) is 13.6 Å². The molecule has 9 heteroatoms. The average Bonchev–Trinajstić information content (AvgIpc) is 2.95. The van der Waals surface area contributed by atoms with Gasteiger partial charge in [-0.05, 0) is 72.4 Å². The second-order valence-electron chi connectivity index (χ2n) is 9.79. The van der Waals surface area contributed by atoms with Crippen LogP contribution in [-0.2, 0) is 6.42 Å². The summed E-state index contributed by atoms with van der Waals surface area (Å²) in [6.07, 6.45) is 2.24. The van der Waals surface area contributed by atoms with E-state index in [1.165, 1.54) is 24.3 Å². The van der Waals surface area contributed by atoms with Crippen molar-refractivity contribution in [3.05, 3.63) is 101 Å². The van der Waals surface area contributed by atoms with Gasteiger partial charge in [-0.2, -0.15) is 0 Å². The number of nitrogens with two attached hydrogens (primary N) is 1. The summed E-state index contributed by atoms with van der Waals surface area (Å²) < 4.78 is 33.0. The number of hydrogen-bond donors (Lipinski definition) is 2. The molecular formula is C30H36F2N4O3. The summed E-state index contributed by atoms with van der Waals surface area (Å²) in [5, 5.41) is 9.84. The lowest BCUT2D eigenvalue weighted by atomic mass is 9.96. The van der Waals surface area contributed by atoms with Gasteiger partial charge in [0.15, 0.2) is 0 Å². The van der Waals surface area contributed by atoms with Crippen LogP contribution in [0.15, 0.2) is 72.8 Å². The Kier molecular flexibility index (Phi) is 10.2. The first-order valence-electron chi connectivity index (χ1n) is 13.3. The number of benzene rings is 3. The van der Waals surface area contributed by atoms with E-state index < -0.39 is 6.03 Å². The molecule has 1 aliphatic heterocycles. The quantitative estimate of drug-likeness (QED) is 0.196. The zero-order chi connectivity index (χ0) is 27.6. The number of hydroxylamine groups is 2. The third-order valence-corrected chi connectivity index (χ3v) is 7.04. The highest BCUT2D eigenvalue weighted by molar-refractivity contribution is 5.70. The SMILES string of the molecule is NC(=O)N(O)CCCc1ccc(OCCCN2CCN(C(c3ccc(F)cc3)c3ccc(F)cc3)CC2)cc1. The van der Waals surface area contributed by atoms with E-state index in [0.29, 0.717) is 18.1 Å². The highest BCUT2D eigenvalue weighted by Gasteiger charge is 2.26. The summed E-state index contributed by atoms with van der Waals surface area (Å²) in [6.45, 7) is 5.28. The van der Waals surface area contributed by atoms with Crippen molar-refractivity contribution in [3.63, 3.8) is 0 Å². The molecule has 0 aliphatic carbocycles. The van der Waals surface area contributed by atoms with E-state index in [2.05, 4.69) is 9.80 Å². The number of aryl methyl sites for hydroxylation is 1. The summed E-state index contributed by atoms with van der Waals surface area (Å²) >= 11 is 0. The van der Waals surface area contributed by atoms with Crippen molar-refractivity contribution < 1.29 is 23.5 Å². The second-order valence-corrected chi connectivity index (χ2v) is 9.79. The Morgan fingerprint density at radius 2 is 1.44 bits per heavy atom. The fourth-order valence-electron chi connectivity index (χ4n) is 4.92. The zero-order valence-electron chi connectivity index (χ0n) is 22.0. The number of carbonyl (C=O) groups excluding carboxylic acids is 1. The molecule has 0 saturated carbocycles. The number of piperazine rings is 1. The van der Waals surface area contributed by atoms with E-state index in [0.717, 1.165) is 68.0 Å². The topological polar surface area (TPSA) is 82.3 Å². The van der Waals surface area contributed by atoms with Crippen LogP contribution in [0.25, 0.3) is 0 Å². The van der Waals surface area contributed by atoms with E-state index in [-0.39, 0.29) is 24.2 Å². The van der Waals surface area contributed by atoms with E-state index in [1.54, 1.807) is 0 Å². The van der Waals surface area contributed by atoms with Crippen LogP contribution in [0.1, 0.15) is 35.6 Å². The molecule has 4 rings (SSSR count). The molecule has 39 heavy (non-hydrogen) atoms. The predicted molar refractivity (Wildman–Crippen MR) is 146 cm³/mol. The van der Waals surface area contributed by atoms with Crippen molar-refractivity contribution in [3.8, 4) is 5.75 Å². The summed E-state index contributed by atoms with van der Waals surface area (Å²) in [7, 11) is 0. The van der Waals surface area contributed by atoms with Gasteiger partial charge >= 0.3 is 6.03 Å². The largest absolute Gasteiger partial charge is 0.494 e. The van der Waals surface area contributed by atoms with Gasteiger partial charge in [0.05, 0.1) is 19.2 Å². The standard InChI is InChI=1S/C30H36F2N4O3/c31-26-10-6-24(7-11-26)29(25-8-12-27(32)13-9-25)35-20-18-34(19-21-35)16-2-22-39-28-14-4-23(5-15-28)3-1-17-36(38)30(33)37/h4-15,29,38H,1-3,16-22H2,(H2,33,37). The molecule has 0 bridgehead atoms. The van der Waals surface area contributed by atoms with E-state index in [4.69, 9.17) is 10.5 Å². The summed E-state index contributed by atoms with van der Waals surface area (Å²) in [6, 6.07) is 20.1. The maximum Gasteiger partial charge on any atom is 0.338 e. The maximum atomic E-state index is 13.6. The maximum absolute atomic E-state index is 13.6. The number of nitrogens with zero attached hydrogens (tertiary/aromatic N) is 3. The molecule has 3 aromatic rings. The molecule has 1 saturated heterocycles. The average molecular weight is 539 g/mol. The fourth-order valence-corrected chi connectivity index (χ4v) is 4.92. The van der Waals surface area contributed by atoms with Crippen molar-refractivity contribution in [1.29, 1.82) is 0 Å². The van der Waals surface area contributed by atoms with E-state index >= 15 is 0 Å². The van der Waals surface area contributed by atoms with Crippen molar-refractivity contribution in [2.45, 2.75) is 25.3 Å². The number of halogens is 2. The molecule has 0 aromatic heterocycles. The Morgan fingerprint density at radius 3 is 1.97 bits per heavy atom. The summed E-state index contributed by atoms with van der Waals surface area (Å²) in [5.74, 6) is 0.275. The number of primary amides is 1. The molecule has 0 atom stereocenters. The Bertz CT molecular complexity index is 1120. The molecular weight excluding hydrogens is 502 g/mol. The fraction of sp³-hybridized carbons (Fsp3) is 0.367.